The first-order chi connectivity index (χ1) is 8.59. The van der Waals surface area contributed by atoms with Crippen molar-refractivity contribution in [2.24, 2.45) is 0 Å². The van der Waals surface area contributed by atoms with Crippen LogP contribution < -0.4 is 0 Å². The van der Waals surface area contributed by atoms with Crippen molar-refractivity contribution in [3.8, 4) is 0 Å². The minimum absolute atomic E-state index is 0.0269. The van der Waals surface area contributed by atoms with Crippen molar-refractivity contribution in [3.63, 3.8) is 0 Å². The van der Waals surface area contributed by atoms with Crippen LogP contribution in [0, 0.1) is 0 Å². The van der Waals surface area contributed by atoms with Crippen molar-refractivity contribution in [2.75, 3.05) is 0 Å². The van der Waals surface area contributed by atoms with Gasteiger partial charge in [-0.2, -0.15) is 0 Å². The van der Waals surface area contributed by atoms with Crippen LogP contribution >= 0.6 is 0 Å². The lowest BCUT2D eigenvalue weighted by Crippen LogP contribution is -2.10. The highest BCUT2D eigenvalue weighted by molar-refractivity contribution is 5.86. The van der Waals surface area contributed by atoms with Gasteiger partial charge in [0.15, 0.2) is 5.69 Å². The molecule has 0 saturated heterocycles. The Morgan fingerprint density at radius 3 is 2.61 bits per heavy atom. The lowest BCUT2D eigenvalue weighted by Gasteiger charge is -2.09. The number of hydrogen-bond acceptors (Lipinski definition) is 4. The molecule has 0 aliphatic rings. The Morgan fingerprint density at radius 1 is 1.39 bits per heavy atom. The molecule has 94 valence electrons. The second-order valence-corrected chi connectivity index (χ2v) is 4.30. The summed E-state index contributed by atoms with van der Waals surface area (Å²) in [7, 11) is 0. The number of rotatable bonds is 4. The van der Waals surface area contributed by atoms with E-state index in [9.17, 15) is 4.79 Å². The van der Waals surface area contributed by atoms with Crippen LogP contribution in [-0.4, -0.2) is 31.1 Å². The van der Waals surface area contributed by atoms with E-state index < -0.39 is 5.97 Å². The molecule has 6 nitrogen and oxygen atoms in total. The van der Waals surface area contributed by atoms with Gasteiger partial charge in [-0.1, -0.05) is 19.1 Å². The molecular formula is C12H14N4O2. The average molecular weight is 246 g/mol. The first-order valence-electron chi connectivity index (χ1n) is 5.65. The van der Waals surface area contributed by atoms with E-state index in [-0.39, 0.29) is 11.6 Å². The van der Waals surface area contributed by atoms with Gasteiger partial charge in [-0.25, -0.2) is 9.48 Å². The van der Waals surface area contributed by atoms with Crippen molar-refractivity contribution >= 4 is 5.97 Å². The highest BCUT2D eigenvalue weighted by Crippen LogP contribution is 2.18. The summed E-state index contributed by atoms with van der Waals surface area (Å²) < 4.78 is 1.63. The number of pyridine rings is 1. The Kier molecular flexibility index (Phi) is 3.36. The normalized spacial score (nSPS) is 10.8. The van der Waals surface area contributed by atoms with Gasteiger partial charge in [-0.15, -0.1) is 5.10 Å². The van der Waals surface area contributed by atoms with Crippen LogP contribution in [0.4, 0.5) is 0 Å². The predicted molar refractivity (Wildman–Crippen MR) is 64.4 cm³/mol. The lowest BCUT2D eigenvalue weighted by atomic mass is 10.1. The van der Waals surface area contributed by atoms with Crippen LogP contribution in [0.5, 0.6) is 0 Å². The molecule has 0 unspecified atom stereocenters. The molecule has 0 aliphatic carbocycles. The number of carboxylic acid groups (broad SMARTS) is 1. The second-order valence-electron chi connectivity index (χ2n) is 4.30. The molecule has 6 heteroatoms. The van der Waals surface area contributed by atoms with Crippen LogP contribution in [0.3, 0.4) is 0 Å². The number of hydrogen-bond donors (Lipinski definition) is 1. The van der Waals surface area contributed by atoms with Gasteiger partial charge in [0.1, 0.15) is 0 Å². The van der Waals surface area contributed by atoms with Gasteiger partial charge in [0.2, 0.25) is 0 Å². The molecule has 0 spiro atoms. The molecule has 2 aromatic rings. The zero-order chi connectivity index (χ0) is 13.1. The molecule has 0 atom stereocenters. The third-order valence-corrected chi connectivity index (χ3v) is 2.60. The summed E-state index contributed by atoms with van der Waals surface area (Å²) in [6.07, 6.45) is 3.39. The molecule has 2 rings (SSSR count). The summed E-state index contributed by atoms with van der Waals surface area (Å²) in [5.41, 5.74) is 1.67. The highest BCUT2D eigenvalue weighted by Gasteiger charge is 2.21. The Balaban J connectivity index is 2.37. The smallest absolute Gasteiger partial charge is 0.358 e. The van der Waals surface area contributed by atoms with E-state index in [0.29, 0.717) is 12.2 Å². The van der Waals surface area contributed by atoms with Gasteiger partial charge >= 0.3 is 5.97 Å². The van der Waals surface area contributed by atoms with Gasteiger partial charge in [0.25, 0.3) is 0 Å². The van der Waals surface area contributed by atoms with E-state index in [2.05, 4.69) is 15.3 Å². The molecule has 0 bridgehead atoms. The van der Waals surface area contributed by atoms with Crippen molar-refractivity contribution in [1.82, 2.24) is 20.0 Å². The second kappa shape index (κ2) is 4.95. The van der Waals surface area contributed by atoms with Crippen molar-refractivity contribution < 1.29 is 9.90 Å². The molecule has 1 N–H and O–H groups in total. The monoisotopic (exact) mass is 246 g/mol. The third-order valence-electron chi connectivity index (χ3n) is 2.60. The maximum Gasteiger partial charge on any atom is 0.358 e. The fraction of sp³-hybridized carbons (Fsp3) is 0.333. The van der Waals surface area contributed by atoms with Gasteiger partial charge in [0, 0.05) is 12.4 Å². The van der Waals surface area contributed by atoms with Gasteiger partial charge in [-0.3, -0.25) is 4.98 Å². The van der Waals surface area contributed by atoms with E-state index >= 15 is 0 Å². The Bertz CT molecular complexity index is 548. The average Bonchev–Trinajstić information content (AvgIpc) is 2.74. The standard InChI is InChI=1S/C12H14N4O2/c1-8(2)11-10(12(17)18)14-15-16(11)7-9-3-5-13-6-4-9/h3-6,8H,7H2,1-2H3,(H,17,18). The first-order valence-corrected chi connectivity index (χ1v) is 5.65. The number of nitrogens with zero attached hydrogens (tertiary/aromatic N) is 4. The van der Waals surface area contributed by atoms with E-state index in [0.717, 1.165) is 5.56 Å². The maximum atomic E-state index is 11.1. The van der Waals surface area contributed by atoms with Crippen LogP contribution in [-0.2, 0) is 6.54 Å². The van der Waals surface area contributed by atoms with E-state index in [1.54, 1.807) is 17.1 Å². The third kappa shape index (κ3) is 2.37. The Hall–Kier alpha value is -2.24. The van der Waals surface area contributed by atoms with Gasteiger partial charge in [-0.05, 0) is 23.6 Å². The Labute approximate surface area is 104 Å². The summed E-state index contributed by atoms with van der Waals surface area (Å²) in [6, 6.07) is 3.73. The van der Waals surface area contributed by atoms with E-state index in [1.165, 1.54) is 0 Å². The predicted octanol–water partition coefficient (Wildman–Crippen LogP) is 1.54. The fourth-order valence-corrected chi connectivity index (χ4v) is 1.82. The zero-order valence-corrected chi connectivity index (χ0v) is 10.2. The van der Waals surface area contributed by atoms with Crippen molar-refractivity contribution in [1.29, 1.82) is 0 Å². The topological polar surface area (TPSA) is 80.9 Å². The molecule has 0 amide bonds. The molecule has 2 heterocycles. The molecule has 0 aromatic carbocycles. The van der Waals surface area contributed by atoms with E-state index in [4.69, 9.17) is 5.11 Å². The van der Waals surface area contributed by atoms with Gasteiger partial charge < -0.3 is 5.11 Å². The molecule has 18 heavy (non-hydrogen) atoms. The number of aromatic carboxylic acids is 1. The van der Waals surface area contributed by atoms with E-state index in [1.807, 2.05) is 26.0 Å². The summed E-state index contributed by atoms with van der Waals surface area (Å²) in [4.78, 5) is 15.0. The summed E-state index contributed by atoms with van der Waals surface area (Å²) in [6.45, 7) is 4.35. The molecule has 0 fully saturated rings. The van der Waals surface area contributed by atoms with Crippen LogP contribution in [0.1, 0.15) is 41.5 Å². The summed E-state index contributed by atoms with van der Waals surface area (Å²) in [5.74, 6) is -0.993. The quantitative estimate of drug-likeness (QED) is 0.885. The maximum absolute atomic E-state index is 11.1. The largest absolute Gasteiger partial charge is 0.476 e. The molecule has 0 radical (unpaired) electrons. The van der Waals surface area contributed by atoms with Crippen LogP contribution in [0.2, 0.25) is 0 Å². The minimum Gasteiger partial charge on any atom is -0.476 e. The van der Waals surface area contributed by atoms with Crippen molar-refractivity contribution in [3.05, 3.63) is 41.5 Å². The number of aromatic nitrogens is 4. The molecule has 2 aromatic heterocycles. The zero-order valence-electron chi connectivity index (χ0n) is 10.2. The Morgan fingerprint density at radius 2 is 2.06 bits per heavy atom. The lowest BCUT2D eigenvalue weighted by molar-refractivity contribution is 0.0688. The van der Waals surface area contributed by atoms with Gasteiger partial charge in [0.05, 0.1) is 12.2 Å². The summed E-state index contributed by atoms with van der Waals surface area (Å²) in [5, 5.41) is 16.7. The SMILES string of the molecule is CC(C)c1c(C(=O)O)nnn1Cc1ccncc1. The summed E-state index contributed by atoms with van der Waals surface area (Å²) >= 11 is 0. The fourth-order valence-electron chi connectivity index (χ4n) is 1.82. The highest BCUT2D eigenvalue weighted by atomic mass is 16.4. The minimum atomic E-state index is -1.04. The molecule has 0 saturated carbocycles. The molecular weight excluding hydrogens is 232 g/mol. The molecule has 0 aliphatic heterocycles. The number of carbonyl (C=O) groups is 1. The van der Waals surface area contributed by atoms with Crippen molar-refractivity contribution in [2.45, 2.75) is 26.3 Å². The first kappa shape index (κ1) is 12.2. The van der Waals surface area contributed by atoms with Crippen LogP contribution in [0.25, 0.3) is 0 Å². The number of carboxylic acids is 1. The van der Waals surface area contributed by atoms with Crippen LogP contribution in [0.15, 0.2) is 24.5 Å².